The number of fused-ring (bicyclic) bond motifs is 1. The van der Waals surface area contributed by atoms with Gasteiger partial charge in [0.1, 0.15) is 0 Å². The van der Waals surface area contributed by atoms with Gasteiger partial charge in [-0.25, -0.2) is 0 Å². The first-order chi connectivity index (χ1) is 9.83. The molecule has 1 aliphatic heterocycles. The third-order valence-electron chi connectivity index (χ3n) is 3.34. The van der Waals surface area contributed by atoms with E-state index in [2.05, 4.69) is 27.5 Å². The number of nitrogens with one attached hydrogen (secondary N) is 1. The van der Waals surface area contributed by atoms with Gasteiger partial charge >= 0.3 is 0 Å². The average Bonchev–Trinajstić information content (AvgIpc) is 2.97. The van der Waals surface area contributed by atoms with Crippen LogP contribution in [-0.2, 0) is 6.54 Å². The molecule has 0 bridgehead atoms. The number of nitrogens with zero attached hydrogens (tertiary/aromatic N) is 4. The Bertz CT molecular complexity index is 732. The van der Waals surface area contributed by atoms with Crippen molar-refractivity contribution in [2.45, 2.75) is 26.3 Å². The lowest BCUT2D eigenvalue weighted by Crippen LogP contribution is -2.16. The van der Waals surface area contributed by atoms with Gasteiger partial charge in [0.25, 0.3) is 5.56 Å². The molecule has 6 heteroatoms. The van der Waals surface area contributed by atoms with E-state index in [0.29, 0.717) is 17.9 Å². The summed E-state index contributed by atoms with van der Waals surface area (Å²) in [5, 5.41) is 13.9. The molecule has 0 radical (unpaired) electrons. The van der Waals surface area contributed by atoms with Crippen molar-refractivity contribution in [3.8, 4) is 22.6 Å². The highest BCUT2D eigenvalue weighted by Gasteiger charge is 2.22. The first kappa shape index (κ1) is 12.5. The molecule has 1 N–H and O–H groups in total. The fraction of sp³-hybridized carbons (Fsp3) is 0.286. The standard InChI is InChI=1S/C14H15N5O/c1-2-3-9-19-11-8-6-4-5-7-10(11)12(14(19)20)13-15-17-18-16-13/h4-8H,2-3,9H2,1H3,(H,15,16,17,18). The van der Waals surface area contributed by atoms with Crippen LogP contribution in [0, 0.1) is 0 Å². The Kier molecular flexibility index (Phi) is 3.28. The van der Waals surface area contributed by atoms with Crippen LogP contribution in [0.15, 0.2) is 35.1 Å². The normalized spacial score (nSPS) is 11.1. The van der Waals surface area contributed by atoms with E-state index in [1.54, 1.807) is 4.57 Å². The first-order valence-electron chi connectivity index (χ1n) is 6.68. The zero-order valence-electron chi connectivity index (χ0n) is 11.2. The van der Waals surface area contributed by atoms with Crippen LogP contribution in [0.25, 0.3) is 22.6 Å². The molecule has 0 saturated heterocycles. The van der Waals surface area contributed by atoms with Crippen LogP contribution < -0.4 is 5.56 Å². The number of aromatic amines is 1. The zero-order valence-corrected chi connectivity index (χ0v) is 11.2. The number of unbranched alkanes of at least 4 members (excludes halogenated alkanes) is 1. The Balaban J connectivity index is 2.26. The number of hydrogen-bond donors (Lipinski definition) is 1. The van der Waals surface area contributed by atoms with Gasteiger partial charge in [0.15, 0.2) is 0 Å². The van der Waals surface area contributed by atoms with E-state index in [-0.39, 0.29) is 5.56 Å². The van der Waals surface area contributed by atoms with Crippen LogP contribution in [-0.4, -0.2) is 25.2 Å². The summed E-state index contributed by atoms with van der Waals surface area (Å²) in [7, 11) is 0. The summed E-state index contributed by atoms with van der Waals surface area (Å²) in [6.45, 7) is 2.81. The third kappa shape index (κ3) is 1.99. The van der Waals surface area contributed by atoms with Gasteiger partial charge in [-0.05, 0) is 17.7 Å². The summed E-state index contributed by atoms with van der Waals surface area (Å²) in [6.07, 6.45) is 2.00. The molecule has 20 heavy (non-hydrogen) atoms. The predicted octanol–water partition coefficient (Wildman–Crippen LogP) is 1.93. The highest BCUT2D eigenvalue weighted by atomic mass is 16.1. The molecule has 6 nitrogen and oxygen atoms in total. The highest BCUT2D eigenvalue weighted by molar-refractivity contribution is 5.80. The van der Waals surface area contributed by atoms with Crippen LogP contribution in [0.2, 0.25) is 0 Å². The molecule has 0 atom stereocenters. The second-order valence-electron chi connectivity index (χ2n) is 4.63. The van der Waals surface area contributed by atoms with Crippen LogP contribution in [0.5, 0.6) is 0 Å². The fourth-order valence-corrected chi connectivity index (χ4v) is 2.37. The minimum absolute atomic E-state index is 0.0546. The van der Waals surface area contributed by atoms with Crippen molar-refractivity contribution in [2.75, 3.05) is 0 Å². The summed E-state index contributed by atoms with van der Waals surface area (Å²) in [5.41, 5.74) is 2.23. The molecule has 0 unspecified atom stereocenters. The Hall–Kier alpha value is -2.50. The second kappa shape index (κ2) is 5.24. The van der Waals surface area contributed by atoms with E-state index >= 15 is 0 Å². The fourth-order valence-electron chi connectivity index (χ4n) is 2.37. The Morgan fingerprint density at radius 3 is 2.85 bits per heavy atom. The summed E-state index contributed by atoms with van der Waals surface area (Å²) in [5.74, 6) is 0.349. The van der Waals surface area contributed by atoms with E-state index in [0.717, 1.165) is 24.1 Å². The molecule has 3 rings (SSSR count). The Morgan fingerprint density at radius 2 is 2.10 bits per heavy atom. The number of H-pyrrole nitrogens is 1. The maximum atomic E-state index is 12.6. The van der Waals surface area contributed by atoms with Crippen molar-refractivity contribution < 1.29 is 0 Å². The highest BCUT2D eigenvalue weighted by Crippen LogP contribution is 2.29. The second-order valence-corrected chi connectivity index (χ2v) is 4.63. The number of hydrogen-bond acceptors (Lipinski definition) is 4. The van der Waals surface area contributed by atoms with Crippen LogP contribution in [0.4, 0.5) is 0 Å². The molecule has 0 aromatic carbocycles. The number of tetrazole rings is 1. The van der Waals surface area contributed by atoms with Gasteiger partial charge in [-0.1, -0.05) is 37.6 Å². The van der Waals surface area contributed by atoms with E-state index in [1.165, 1.54) is 0 Å². The molecule has 0 amide bonds. The van der Waals surface area contributed by atoms with Gasteiger partial charge in [0.05, 0.1) is 11.3 Å². The summed E-state index contributed by atoms with van der Waals surface area (Å²) in [4.78, 5) is 12.6. The molecular formula is C14H15N5O. The molecule has 102 valence electrons. The lowest BCUT2D eigenvalue weighted by Gasteiger charge is -2.03. The largest absolute Gasteiger partial charge is 0.308 e. The summed E-state index contributed by atoms with van der Waals surface area (Å²) in [6, 6.07) is 9.66. The van der Waals surface area contributed by atoms with E-state index < -0.39 is 0 Å². The minimum atomic E-state index is -0.0546. The number of aromatic nitrogens is 5. The van der Waals surface area contributed by atoms with Gasteiger partial charge in [0, 0.05) is 12.1 Å². The Morgan fingerprint density at radius 1 is 1.25 bits per heavy atom. The smallest absolute Gasteiger partial charge is 0.262 e. The first-order valence-corrected chi connectivity index (χ1v) is 6.68. The zero-order chi connectivity index (χ0) is 13.9. The molecule has 0 saturated carbocycles. The van der Waals surface area contributed by atoms with Crippen molar-refractivity contribution in [3.05, 3.63) is 40.7 Å². The third-order valence-corrected chi connectivity index (χ3v) is 3.34. The molecule has 0 fully saturated rings. The molecule has 1 aromatic heterocycles. The van der Waals surface area contributed by atoms with Crippen molar-refractivity contribution in [3.63, 3.8) is 0 Å². The van der Waals surface area contributed by atoms with E-state index in [9.17, 15) is 4.79 Å². The molecular weight excluding hydrogens is 254 g/mol. The number of rotatable bonds is 4. The van der Waals surface area contributed by atoms with Crippen molar-refractivity contribution in [2.24, 2.45) is 0 Å². The molecule has 1 aromatic rings. The maximum Gasteiger partial charge on any atom is 0.262 e. The molecule has 2 aliphatic rings. The Labute approximate surface area is 115 Å². The van der Waals surface area contributed by atoms with Crippen molar-refractivity contribution in [1.29, 1.82) is 0 Å². The topological polar surface area (TPSA) is 76.5 Å². The van der Waals surface area contributed by atoms with E-state index in [4.69, 9.17) is 0 Å². The summed E-state index contributed by atoms with van der Waals surface area (Å²) < 4.78 is 1.80. The lowest BCUT2D eigenvalue weighted by molar-refractivity contribution is 0.627. The average molecular weight is 269 g/mol. The van der Waals surface area contributed by atoms with E-state index in [1.807, 2.05) is 30.3 Å². The van der Waals surface area contributed by atoms with Gasteiger partial charge in [-0.2, -0.15) is 5.21 Å². The minimum Gasteiger partial charge on any atom is -0.308 e. The van der Waals surface area contributed by atoms with Gasteiger partial charge < -0.3 is 4.57 Å². The maximum absolute atomic E-state index is 12.6. The summed E-state index contributed by atoms with van der Waals surface area (Å²) >= 11 is 0. The predicted molar refractivity (Wildman–Crippen MR) is 75.4 cm³/mol. The molecule has 0 spiro atoms. The van der Waals surface area contributed by atoms with Gasteiger partial charge in [-0.3, -0.25) is 4.79 Å². The van der Waals surface area contributed by atoms with Crippen LogP contribution in [0.3, 0.4) is 0 Å². The SMILES string of the molecule is CCCCn1c2cccccc-2c(-c2nn[nH]n2)c1=O. The van der Waals surface area contributed by atoms with Crippen molar-refractivity contribution in [1.82, 2.24) is 25.2 Å². The molecule has 1 aliphatic carbocycles. The lowest BCUT2D eigenvalue weighted by atomic mass is 10.1. The quantitative estimate of drug-likeness (QED) is 0.785. The van der Waals surface area contributed by atoms with Crippen LogP contribution in [0.1, 0.15) is 19.8 Å². The monoisotopic (exact) mass is 269 g/mol. The van der Waals surface area contributed by atoms with Crippen molar-refractivity contribution >= 4 is 0 Å². The molecule has 2 heterocycles. The van der Waals surface area contributed by atoms with Gasteiger partial charge in [-0.15, -0.1) is 10.2 Å². The van der Waals surface area contributed by atoms with Gasteiger partial charge in [0.2, 0.25) is 5.82 Å². The van der Waals surface area contributed by atoms with Crippen LogP contribution >= 0.6 is 0 Å².